The zero-order valence-electron chi connectivity index (χ0n) is 10.3. The van der Waals surface area contributed by atoms with Crippen LogP contribution in [0.5, 0.6) is 0 Å². The largest absolute Gasteiger partial charge is 0.361 e. The molecule has 2 rings (SSSR count). The zero-order valence-corrected chi connectivity index (χ0v) is 11.1. The number of rotatable bonds is 6. The summed E-state index contributed by atoms with van der Waals surface area (Å²) in [5, 5.41) is 13.7. The Labute approximate surface area is 106 Å². The molecule has 5 heteroatoms. The van der Waals surface area contributed by atoms with Gasteiger partial charge < -0.3 is 5.32 Å². The molecular formula is C12H18N4S. The predicted molar refractivity (Wildman–Crippen MR) is 71.3 cm³/mol. The second kappa shape index (κ2) is 5.82. The Bertz CT molecular complexity index is 435. The molecule has 0 saturated carbocycles. The molecule has 0 radical (unpaired) electrons. The van der Waals surface area contributed by atoms with Crippen LogP contribution >= 0.6 is 11.3 Å². The van der Waals surface area contributed by atoms with E-state index in [1.807, 2.05) is 4.68 Å². The van der Waals surface area contributed by atoms with E-state index in [1.54, 1.807) is 17.5 Å². The van der Waals surface area contributed by atoms with Gasteiger partial charge in [-0.15, -0.1) is 16.4 Å². The molecule has 1 unspecified atom stereocenters. The predicted octanol–water partition coefficient (Wildman–Crippen LogP) is 3.31. The quantitative estimate of drug-likeness (QED) is 0.855. The van der Waals surface area contributed by atoms with Crippen molar-refractivity contribution in [1.82, 2.24) is 15.0 Å². The van der Waals surface area contributed by atoms with E-state index in [-0.39, 0.29) is 0 Å². The van der Waals surface area contributed by atoms with E-state index in [0.717, 1.165) is 25.2 Å². The highest BCUT2D eigenvalue weighted by Gasteiger charge is 2.12. The second-order valence-electron chi connectivity index (χ2n) is 3.96. The minimum absolute atomic E-state index is 0.351. The van der Waals surface area contributed by atoms with Crippen LogP contribution < -0.4 is 5.32 Å². The van der Waals surface area contributed by atoms with Crippen LogP contribution in [0.15, 0.2) is 23.7 Å². The van der Waals surface area contributed by atoms with Crippen LogP contribution in [0.4, 0.5) is 5.82 Å². The van der Waals surface area contributed by atoms with E-state index in [9.17, 15) is 0 Å². The Hall–Kier alpha value is -1.36. The summed E-state index contributed by atoms with van der Waals surface area (Å²) in [6, 6.07) is 4.61. The second-order valence-corrected chi connectivity index (χ2v) is 4.94. The summed E-state index contributed by atoms with van der Waals surface area (Å²) < 4.78 is 1.93. The fourth-order valence-electron chi connectivity index (χ4n) is 1.79. The Balaban J connectivity index is 2.10. The van der Waals surface area contributed by atoms with Gasteiger partial charge in [0, 0.05) is 11.4 Å². The number of anilines is 1. The molecule has 92 valence electrons. The van der Waals surface area contributed by atoms with Crippen LogP contribution in [0.2, 0.25) is 0 Å². The van der Waals surface area contributed by atoms with Crippen LogP contribution in [0.25, 0.3) is 0 Å². The highest BCUT2D eigenvalue weighted by Crippen LogP contribution is 2.25. The maximum atomic E-state index is 4.08. The molecule has 0 fully saturated rings. The molecule has 1 N–H and O–H groups in total. The summed E-state index contributed by atoms with van der Waals surface area (Å²) in [6.07, 6.45) is 3.91. The van der Waals surface area contributed by atoms with Gasteiger partial charge in [-0.1, -0.05) is 25.1 Å². The summed E-state index contributed by atoms with van der Waals surface area (Å²) in [6.45, 7) is 5.23. The Morgan fingerprint density at radius 3 is 3.00 bits per heavy atom. The first-order chi connectivity index (χ1) is 8.35. The molecule has 0 saturated heterocycles. The molecule has 0 aromatic carbocycles. The first kappa shape index (κ1) is 12.1. The van der Waals surface area contributed by atoms with Crippen molar-refractivity contribution in [3.8, 4) is 0 Å². The van der Waals surface area contributed by atoms with Gasteiger partial charge in [0.05, 0.1) is 12.2 Å². The van der Waals surface area contributed by atoms with E-state index < -0.39 is 0 Å². The van der Waals surface area contributed by atoms with Crippen LogP contribution in [0.1, 0.15) is 37.6 Å². The molecule has 0 aliphatic rings. The number of hydrogen-bond acceptors (Lipinski definition) is 4. The summed E-state index contributed by atoms with van der Waals surface area (Å²) in [7, 11) is 0. The highest BCUT2D eigenvalue weighted by atomic mass is 32.1. The first-order valence-corrected chi connectivity index (χ1v) is 6.91. The summed E-state index contributed by atoms with van der Waals surface area (Å²) in [4.78, 5) is 1.36. The number of thiophene rings is 1. The molecular weight excluding hydrogens is 232 g/mol. The van der Waals surface area contributed by atoms with Gasteiger partial charge in [-0.2, -0.15) is 0 Å². The molecule has 17 heavy (non-hydrogen) atoms. The lowest BCUT2D eigenvalue weighted by Gasteiger charge is -2.16. The van der Waals surface area contributed by atoms with E-state index in [0.29, 0.717) is 6.04 Å². The third-order valence-electron chi connectivity index (χ3n) is 2.67. The smallest absolute Gasteiger partial charge is 0.145 e. The molecule has 4 nitrogen and oxygen atoms in total. The van der Waals surface area contributed by atoms with E-state index >= 15 is 0 Å². The number of aromatic nitrogens is 3. The minimum atomic E-state index is 0.351. The molecule has 0 aliphatic carbocycles. The first-order valence-electron chi connectivity index (χ1n) is 6.03. The Morgan fingerprint density at radius 1 is 1.47 bits per heavy atom. The summed E-state index contributed by atoms with van der Waals surface area (Å²) in [5.41, 5.74) is 0. The van der Waals surface area contributed by atoms with Gasteiger partial charge in [0.1, 0.15) is 5.82 Å². The van der Waals surface area contributed by atoms with Gasteiger partial charge in [-0.05, 0) is 24.3 Å². The van der Waals surface area contributed by atoms with Crippen molar-refractivity contribution in [3.05, 3.63) is 28.6 Å². The number of hydrogen-bond donors (Lipinski definition) is 1. The maximum absolute atomic E-state index is 4.08. The maximum Gasteiger partial charge on any atom is 0.145 e. The van der Waals surface area contributed by atoms with E-state index in [4.69, 9.17) is 0 Å². The van der Waals surface area contributed by atoms with Crippen LogP contribution in [0.3, 0.4) is 0 Å². The van der Waals surface area contributed by atoms with Crippen molar-refractivity contribution in [1.29, 1.82) is 0 Å². The third kappa shape index (κ3) is 2.85. The zero-order chi connectivity index (χ0) is 12.1. The summed E-state index contributed by atoms with van der Waals surface area (Å²) >= 11 is 1.78. The monoisotopic (exact) mass is 250 g/mol. The van der Waals surface area contributed by atoms with Gasteiger partial charge in [0.25, 0.3) is 0 Å². The molecule has 1 atom stereocenters. The van der Waals surface area contributed by atoms with Gasteiger partial charge >= 0.3 is 0 Å². The normalized spacial score (nSPS) is 12.6. The van der Waals surface area contributed by atoms with Crippen LogP contribution in [-0.2, 0) is 6.54 Å². The molecule has 0 bridgehead atoms. The number of nitrogens with one attached hydrogen (secondary N) is 1. The van der Waals surface area contributed by atoms with Crippen molar-refractivity contribution >= 4 is 17.2 Å². The lowest BCUT2D eigenvalue weighted by molar-refractivity contribution is 0.577. The molecule has 0 amide bonds. The SMILES string of the molecule is CCCn1nncc1NC(CC)c1cccs1. The van der Waals surface area contributed by atoms with E-state index in [1.165, 1.54) is 4.88 Å². The Morgan fingerprint density at radius 2 is 2.35 bits per heavy atom. The van der Waals surface area contributed by atoms with Crippen LogP contribution in [0, 0.1) is 0 Å². The third-order valence-corrected chi connectivity index (χ3v) is 3.66. The van der Waals surface area contributed by atoms with Crippen molar-refractivity contribution < 1.29 is 0 Å². The molecule has 0 aliphatic heterocycles. The van der Waals surface area contributed by atoms with Gasteiger partial charge in [-0.3, -0.25) is 0 Å². The van der Waals surface area contributed by atoms with Crippen molar-refractivity contribution in [3.63, 3.8) is 0 Å². The molecule has 2 heterocycles. The highest BCUT2D eigenvalue weighted by molar-refractivity contribution is 7.10. The lowest BCUT2D eigenvalue weighted by Crippen LogP contribution is -2.12. The molecule has 0 spiro atoms. The average molecular weight is 250 g/mol. The average Bonchev–Trinajstić information content (AvgIpc) is 2.97. The van der Waals surface area contributed by atoms with Gasteiger partial charge in [0.15, 0.2) is 0 Å². The summed E-state index contributed by atoms with van der Waals surface area (Å²) in [5.74, 6) is 1.01. The number of nitrogens with zero attached hydrogens (tertiary/aromatic N) is 3. The van der Waals surface area contributed by atoms with Crippen molar-refractivity contribution in [2.45, 2.75) is 39.3 Å². The molecule has 2 aromatic rings. The standard InChI is InChI=1S/C12H18N4S/c1-3-7-16-12(9-13-15-16)14-10(4-2)11-6-5-8-17-11/h5-6,8-10,14H,3-4,7H2,1-2H3. The fourth-order valence-corrected chi connectivity index (χ4v) is 2.65. The minimum Gasteiger partial charge on any atom is -0.361 e. The van der Waals surface area contributed by atoms with Crippen LogP contribution in [-0.4, -0.2) is 15.0 Å². The lowest BCUT2D eigenvalue weighted by atomic mass is 10.2. The number of aryl methyl sites for hydroxylation is 1. The van der Waals surface area contributed by atoms with Crippen molar-refractivity contribution in [2.75, 3.05) is 5.32 Å². The van der Waals surface area contributed by atoms with Crippen molar-refractivity contribution in [2.24, 2.45) is 0 Å². The van der Waals surface area contributed by atoms with E-state index in [2.05, 4.69) is 47.0 Å². The Kier molecular flexibility index (Phi) is 4.14. The fraction of sp³-hybridized carbons (Fsp3) is 0.500. The molecule has 2 aromatic heterocycles. The van der Waals surface area contributed by atoms with Gasteiger partial charge in [-0.25, -0.2) is 4.68 Å². The topological polar surface area (TPSA) is 42.7 Å². The van der Waals surface area contributed by atoms with Gasteiger partial charge in [0.2, 0.25) is 0 Å².